The Hall–Kier alpha value is -0.790. The number of aliphatic carboxylic acids is 1. The van der Waals surface area contributed by atoms with Gasteiger partial charge in [0.1, 0.15) is 0 Å². The lowest BCUT2D eigenvalue weighted by atomic mass is 10.1. The van der Waals surface area contributed by atoms with Crippen molar-refractivity contribution in [3.8, 4) is 0 Å². The molecule has 0 aromatic heterocycles. The summed E-state index contributed by atoms with van der Waals surface area (Å²) >= 11 is 0. The van der Waals surface area contributed by atoms with Gasteiger partial charge in [-0.3, -0.25) is 4.79 Å². The van der Waals surface area contributed by atoms with E-state index in [2.05, 4.69) is 13.8 Å². The maximum Gasteiger partial charge on any atom is 0.303 e. The predicted octanol–water partition coefficient (Wildman–Crippen LogP) is 2.45. The molecule has 0 atom stereocenters. The van der Waals surface area contributed by atoms with Crippen molar-refractivity contribution in [3.63, 3.8) is 0 Å². The molecule has 0 aliphatic heterocycles. The first-order valence-electron chi connectivity index (χ1n) is 3.99. The van der Waals surface area contributed by atoms with Gasteiger partial charge in [-0.1, -0.05) is 26.0 Å². The maximum atomic E-state index is 10.1. The lowest BCUT2D eigenvalue weighted by Gasteiger charge is -1.95. The van der Waals surface area contributed by atoms with E-state index in [1.165, 1.54) is 0 Å². The monoisotopic (exact) mass is 156 g/mol. The van der Waals surface area contributed by atoms with Crippen molar-refractivity contribution in [1.29, 1.82) is 0 Å². The highest BCUT2D eigenvalue weighted by molar-refractivity contribution is 5.66. The summed E-state index contributed by atoms with van der Waals surface area (Å²) in [5.41, 5.74) is 0. The van der Waals surface area contributed by atoms with Gasteiger partial charge in [-0.25, -0.2) is 0 Å². The van der Waals surface area contributed by atoms with Crippen molar-refractivity contribution in [3.05, 3.63) is 12.2 Å². The zero-order valence-corrected chi connectivity index (χ0v) is 7.21. The van der Waals surface area contributed by atoms with Crippen LogP contribution in [-0.2, 0) is 4.79 Å². The van der Waals surface area contributed by atoms with Crippen LogP contribution >= 0.6 is 0 Å². The maximum absolute atomic E-state index is 10.1. The highest BCUT2D eigenvalue weighted by Crippen LogP contribution is 2.01. The topological polar surface area (TPSA) is 37.3 Å². The van der Waals surface area contributed by atoms with Crippen molar-refractivity contribution >= 4 is 5.97 Å². The minimum Gasteiger partial charge on any atom is -0.481 e. The fourth-order valence-corrected chi connectivity index (χ4v) is 0.693. The van der Waals surface area contributed by atoms with Gasteiger partial charge in [0, 0.05) is 6.42 Å². The molecule has 0 saturated carbocycles. The van der Waals surface area contributed by atoms with Crippen molar-refractivity contribution in [2.24, 2.45) is 5.92 Å². The summed E-state index contributed by atoms with van der Waals surface area (Å²) in [6, 6.07) is 0. The number of carboxylic acid groups (broad SMARTS) is 1. The highest BCUT2D eigenvalue weighted by atomic mass is 16.4. The van der Waals surface area contributed by atoms with Gasteiger partial charge in [0.05, 0.1) is 0 Å². The molecule has 0 heterocycles. The molecular weight excluding hydrogens is 140 g/mol. The van der Waals surface area contributed by atoms with Crippen LogP contribution in [0.5, 0.6) is 0 Å². The minimum absolute atomic E-state index is 0.245. The Kier molecular flexibility index (Phi) is 5.53. The second-order valence-electron chi connectivity index (χ2n) is 3.03. The molecule has 0 aliphatic carbocycles. The van der Waals surface area contributed by atoms with Gasteiger partial charge in [0.2, 0.25) is 0 Å². The van der Waals surface area contributed by atoms with Gasteiger partial charge in [0.15, 0.2) is 0 Å². The molecule has 0 saturated heterocycles. The third kappa shape index (κ3) is 9.21. The standard InChI is InChI=1S/C9H16O2/c1-8(2)6-4-3-5-7-9(10)11/h3-4,8H,5-7H2,1-2H3,(H,10,11)/b4-3-. The Morgan fingerprint density at radius 3 is 2.55 bits per heavy atom. The Morgan fingerprint density at radius 1 is 1.45 bits per heavy atom. The molecule has 0 unspecified atom stereocenters. The molecule has 0 aliphatic rings. The van der Waals surface area contributed by atoms with Crippen molar-refractivity contribution in [1.82, 2.24) is 0 Å². The van der Waals surface area contributed by atoms with Crippen LogP contribution in [0.15, 0.2) is 12.2 Å². The number of carboxylic acids is 1. The Bertz CT molecular complexity index is 136. The Balaban J connectivity index is 3.23. The van der Waals surface area contributed by atoms with Gasteiger partial charge in [-0.05, 0) is 18.8 Å². The fraction of sp³-hybridized carbons (Fsp3) is 0.667. The quantitative estimate of drug-likeness (QED) is 0.621. The second-order valence-corrected chi connectivity index (χ2v) is 3.03. The summed E-state index contributed by atoms with van der Waals surface area (Å²) in [6.07, 6.45) is 5.93. The molecule has 64 valence electrons. The van der Waals surface area contributed by atoms with Crippen LogP contribution in [0.4, 0.5) is 0 Å². The van der Waals surface area contributed by atoms with Crippen molar-refractivity contribution < 1.29 is 9.90 Å². The SMILES string of the molecule is CC(C)C/C=C\CCC(=O)O. The summed E-state index contributed by atoms with van der Waals surface area (Å²) in [6.45, 7) is 4.28. The normalized spacial score (nSPS) is 11.2. The number of rotatable bonds is 5. The van der Waals surface area contributed by atoms with Crippen LogP contribution < -0.4 is 0 Å². The molecule has 0 spiro atoms. The van der Waals surface area contributed by atoms with E-state index in [0.29, 0.717) is 12.3 Å². The smallest absolute Gasteiger partial charge is 0.303 e. The average Bonchev–Trinajstić information content (AvgIpc) is 1.85. The number of hydrogen-bond donors (Lipinski definition) is 1. The van der Waals surface area contributed by atoms with E-state index in [4.69, 9.17) is 5.11 Å². The largest absolute Gasteiger partial charge is 0.481 e. The summed E-state index contributed by atoms with van der Waals surface area (Å²) in [7, 11) is 0. The minimum atomic E-state index is -0.723. The Morgan fingerprint density at radius 2 is 2.09 bits per heavy atom. The van der Waals surface area contributed by atoms with E-state index < -0.39 is 5.97 Å². The molecule has 0 aromatic carbocycles. The summed E-state index contributed by atoms with van der Waals surface area (Å²) in [5, 5.41) is 8.29. The number of allylic oxidation sites excluding steroid dienone is 2. The summed E-state index contributed by atoms with van der Waals surface area (Å²) < 4.78 is 0. The second kappa shape index (κ2) is 5.96. The molecule has 2 nitrogen and oxygen atoms in total. The molecule has 2 heteroatoms. The number of carbonyl (C=O) groups is 1. The van der Waals surface area contributed by atoms with E-state index in [-0.39, 0.29) is 6.42 Å². The van der Waals surface area contributed by atoms with Crippen LogP contribution in [0.25, 0.3) is 0 Å². The van der Waals surface area contributed by atoms with Crippen molar-refractivity contribution in [2.45, 2.75) is 33.1 Å². The molecule has 0 amide bonds. The summed E-state index contributed by atoms with van der Waals surface area (Å²) in [4.78, 5) is 10.1. The van der Waals surface area contributed by atoms with Gasteiger partial charge in [-0.15, -0.1) is 0 Å². The third-order valence-corrected chi connectivity index (χ3v) is 1.30. The first kappa shape index (κ1) is 10.2. The Labute approximate surface area is 67.9 Å². The molecule has 11 heavy (non-hydrogen) atoms. The molecule has 1 N–H and O–H groups in total. The number of hydrogen-bond acceptors (Lipinski definition) is 1. The molecule has 0 bridgehead atoms. The first-order chi connectivity index (χ1) is 5.13. The van der Waals surface area contributed by atoms with Gasteiger partial charge < -0.3 is 5.11 Å². The van der Waals surface area contributed by atoms with Gasteiger partial charge >= 0.3 is 5.97 Å². The van der Waals surface area contributed by atoms with Crippen LogP contribution in [0.2, 0.25) is 0 Å². The van der Waals surface area contributed by atoms with Gasteiger partial charge in [0.25, 0.3) is 0 Å². The predicted molar refractivity (Wildman–Crippen MR) is 45.5 cm³/mol. The van der Waals surface area contributed by atoms with Crippen LogP contribution in [0.3, 0.4) is 0 Å². The van der Waals surface area contributed by atoms with E-state index in [9.17, 15) is 4.79 Å². The van der Waals surface area contributed by atoms with E-state index in [1.54, 1.807) is 0 Å². The lowest BCUT2D eigenvalue weighted by Crippen LogP contribution is -1.91. The van der Waals surface area contributed by atoms with Gasteiger partial charge in [-0.2, -0.15) is 0 Å². The molecule has 0 rings (SSSR count). The van der Waals surface area contributed by atoms with Crippen LogP contribution in [0.1, 0.15) is 33.1 Å². The molecule has 0 aromatic rings. The summed E-state index contributed by atoms with van der Waals surface area (Å²) in [5.74, 6) is -0.0599. The zero-order chi connectivity index (χ0) is 8.69. The first-order valence-corrected chi connectivity index (χ1v) is 3.99. The van der Waals surface area contributed by atoms with E-state index >= 15 is 0 Å². The molecular formula is C9H16O2. The fourth-order valence-electron chi connectivity index (χ4n) is 0.693. The van der Waals surface area contributed by atoms with Crippen LogP contribution in [-0.4, -0.2) is 11.1 Å². The van der Waals surface area contributed by atoms with E-state index in [0.717, 1.165) is 6.42 Å². The third-order valence-electron chi connectivity index (χ3n) is 1.30. The van der Waals surface area contributed by atoms with Crippen molar-refractivity contribution in [2.75, 3.05) is 0 Å². The lowest BCUT2D eigenvalue weighted by molar-refractivity contribution is -0.136. The van der Waals surface area contributed by atoms with Crippen LogP contribution in [0, 0.1) is 5.92 Å². The van der Waals surface area contributed by atoms with E-state index in [1.807, 2.05) is 12.2 Å². The highest BCUT2D eigenvalue weighted by Gasteiger charge is 1.92. The molecule has 0 fully saturated rings. The molecule has 0 radical (unpaired) electrons. The zero-order valence-electron chi connectivity index (χ0n) is 7.21. The average molecular weight is 156 g/mol.